The Labute approximate surface area is 124 Å². The minimum atomic E-state index is -0.278. The molecule has 0 aliphatic carbocycles. The van der Waals surface area contributed by atoms with Crippen molar-refractivity contribution in [1.29, 1.82) is 0 Å². The van der Waals surface area contributed by atoms with Gasteiger partial charge in [0, 0.05) is 18.2 Å². The second-order valence-electron chi connectivity index (χ2n) is 5.25. The maximum atomic E-state index is 13.4. The summed E-state index contributed by atoms with van der Waals surface area (Å²) in [6.45, 7) is 4.94. The van der Waals surface area contributed by atoms with Gasteiger partial charge in [-0.25, -0.2) is 4.39 Å². The fourth-order valence-electron chi connectivity index (χ4n) is 1.95. The minimum absolute atomic E-state index is 0.205. The lowest BCUT2D eigenvalue weighted by atomic mass is 10.1. The van der Waals surface area contributed by atoms with E-state index in [1.54, 1.807) is 24.3 Å². The molecular formula is C17H20FNO2. The molecule has 0 aliphatic heterocycles. The first kappa shape index (κ1) is 15.3. The summed E-state index contributed by atoms with van der Waals surface area (Å²) in [5.74, 6) is 0.574. The average Bonchev–Trinajstić information content (AvgIpc) is 2.44. The van der Waals surface area contributed by atoms with Crippen molar-refractivity contribution in [3.05, 3.63) is 59.4 Å². The summed E-state index contributed by atoms with van der Waals surface area (Å²) >= 11 is 0. The molecule has 4 heteroatoms. The molecule has 112 valence electrons. The zero-order chi connectivity index (χ0) is 15.2. The molecule has 2 rings (SSSR count). The highest BCUT2D eigenvalue weighted by Crippen LogP contribution is 2.22. The fourth-order valence-corrected chi connectivity index (χ4v) is 1.95. The highest BCUT2D eigenvalue weighted by atomic mass is 19.1. The molecule has 0 heterocycles. The van der Waals surface area contributed by atoms with Crippen molar-refractivity contribution in [2.45, 2.75) is 33.0 Å². The summed E-state index contributed by atoms with van der Waals surface area (Å²) in [7, 11) is 0. The number of halogens is 1. The Bertz CT molecular complexity index is 599. The van der Waals surface area contributed by atoms with Gasteiger partial charge in [0.25, 0.3) is 0 Å². The molecule has 0 radical (unpaired) electrons. The van der Waals surface area contributed by atoms with Crippen LogP contribution in [0, 0.1) is 5.82 Å². The van der Waals surface area contributed by atoms with E-state index in [-0.39, 0.29) is 11.6 Å². The summed E-state index contributed by atoms with van der Waals surface area (Å²) < 4.78 is 19.1. The van der Waals surface area contributed by atoms with Crippen LogP contribution in [0.3, 0.4) is 0 Å². The van der Waals surface area contributed by atoms with Crippen LogP contribution in [0.1, 0.15) is 25.0 Å². The van der Waals surface area contributed by atoms with Gasteiger partial charge in [-0.1, -0.05) is 26.0 Å². The van der Waals surface area contributed by atoms with Gasteiger partial charge in [0.15, 0.2) is 0 Å². The second-order valence-corrected chi connectivity index (χ2v) is 5.25. The van der Waals surface area contributed by atoms with Gasteiger partial charge in [-0.2, -0.15) is 0 Å². The molecule has 0 aliphatic rings. The van der Waals surface area contributed by atoms with E-state index in [0.717, 1.165) is 11.1 Å². The maximum Gasteiger partial charge on any atom is 0.124 e. The van der Waals surface area contributed by atoms with Crippen LogP contribution in [0.4, 0.5) is 4.39 Å². The lowest BCUT2D eigenvalue weighted by molar-refractivity contribution is 0.300. The van der Waals surface area contributed by atoms with E-state index >= 15 is 0 Å². The van der Waals surface area contributed by atoms with Gasteiger partial charge in [0.2, 0.25) is 0 Å². The summed E-state index contributed by atoms with van der Waals surface area (Å²) in [5.41, 5.74) is 1.64. The van der Waals surface area contributed by atoms with Crippen LogP contribution in [0.15, 0.2) is 42.5 Å². The van der Waals surface area contributed by atoms with Crippen molar-refractivity contribution in [3.63, 3.8) is 0 Å². The highest BCUT2D eigenvalue weighted by molar-refractivity contribution is 5.34. The van der Waals surface area contributed by atoms with Crippen LogP contribution in [-0.4, -0.2) is 11.1 Å². The molecule has 0 spiro atoms. The lowest BCUT2D eigenvalue weighted by Crippen LogP contribution is -2.22. The molecule has 0 atom stereocenters. The van der Waals surface area contributed by atoms with Crippen LogP contribution < -0.4 is 10.1 Å². The van der Waals surface area contributed by atoms with Crippen molar-refractivity contribution in [2.24, 2.45) is 0 Å². The fraction of sp³-hybridized carbons (Fsp3) is 0.294. The number of aromatic hydroxyl groups is 1. The molecule has 0 bridgehead atoms. The van der Waals surface area contributed by atoms with E-state index in [1.807, 2.05) is 19.9 Å². The largest absolute Gasteiger partial charge is 0.508 e. The highest BCUT2D eigenvalue weighted by Gasteiger charge is 2.07. The lowest BCUT2D eigenvalue weighted by Gasteiger charge is -2.14. The van der Waals surface area contributed by atoms with Crippen LogP contribution in [-0.2, 0) is 13.2 Å². The molecule has 3 nitrogen and oxygen atoms in total. The van der Waals surface area contributed by atoms with Crippen LogP contribution in [0.25, 0.3) is 0 Å². The van der Waals surface area contributed by atoms with Gasteiger partial charge in [-0.05, 0) is 35.9 Å². The normalized spacial score (nSPS) is 10.9. The molecular weight excluding hydrogens is 269 g/mol. The quantitative estimate of drug-likeness (QED) is 0.853. The van der Waals surface area contributed by atoms with Crippen molar-refractivity contribution < 1.29 is 14.2 Å². The number of hydrogen-bond acceptors (Lipinski definition) is 3. The smallest absolute Gasteiger partial charge is 0.124 e. The number of nitrogens with one attached hydrogen (secondary N) is 1. The number of phenols is 1. The number of rotatable bonds is 6. The Morgan fingerprint density at radius 3 is 2.71 bits per heavy atom. The molecule has 2 N–H and O–H groups in total. The van der Waals surface area contributed by atoms with E-state index in [1.165, 1.54) is 12.1 Å². The third kappa shape index (κ3) is 4.76. The Balaban J connectivity index is 2.08. The van der Waals surface area contributed by atoms with Crippen molar-refractivity contribution in [3.8, 4) is 11.5 Å². The zero-order valence-electron chi connectivity index (χ0n) is 12.3. The Hall–Kier alpha value is -2.07. The minimum Gasteiger partial charge on any atom is -0.508 e. The summed E-state index contributed by atoms with van der Waals surface area (Å²) in [5, 5.41) is 12.7. The zero-order valence-corrected chi connectivity index (χ0v) is 12.3. The summed E-state index contributed by atoms with van der Waals surface area (Å²) in [4.78, 5) is 0. The van der Waals surface area contributed by atoms with Crippen LogP contribution in [0.2, 0.25) is 0 Å². The third-order valence-corrected chi connectivity index (χ3v) is 3.03. The first-order valence-electron chi connectivity index (χ1n) is 6.97. The van der Waals surface area contributed by atoms with E-state index in [2.05, 4.69) is 5.32 Å². The number of benzene rings is 2. The maximum absolute atomic E-state index is 13.4. The molecule has 0 unspecified atom stereocenters. The molecule has 0 amide bonds. The first-order valence-corrected chi connectivity index (χ1v) is 6.97. The predicted molar refractivity (Wildman–Crippen MR) is 80.8 cm³/mol. The molecule has 0 saturated heterocycles. The van der Waals surface area contributed by atoms with Gasteiger partial charge >= 0.3 is 0 Å². The molecule has 2 aromatic rings. The third-order valence-electron chi connectivity index (χ3n) is 3.03. The van der Waals surface area contributed by atoms with Gasteiger partial charge < -0.3 is 15.2 Å². The average molecular weight is 289 g/mol. The van der Waals surface area contributed by atoms with E-state index in [4.69, 9.17) is 4.74 Å². The SMILES string of the molecule is CC(C)NCc1cc(F)ccc1OCc1cccc(O)c1. The molecule has 2 aromatic carbocycles. The molecule has 0 saturated carbocycles. The first-order chi connectivity index (χ1) is 10.0. The summed E-state index contributed by atoms with van der Waals surface area (Å²) in [6.07, 6.45) is 0. The molecule has 21 heavy (non-hydrogen) atoms. The van der Waals surface area contributed by atoms with Crippen molar-refractivity contribution in [1.82, 2.24) is 5.32 Å². The monoisotopic (exact) mass is 289 g/mol. The number of ether oxygens (including phenoxy) is 1. The van der Waals surface area contributed by atoms with E-state index in [9.17, 15) is 9.50 Å². The topological polar surface area (TPSA) is 41.5 Å². The Morgan fingerprint density at radius 2 is 2.00 bits per heavy atom. The summed E-state index contributed by atoms with van der Waals surface area (Å²) in [6, 6.07) is 11.7. The molecule has 0 aromatic heterocycles. The van der Waals surface area contributed by atoms with E-state index in [0.29, 0.717) is 24.9 Å². The Kier molecular flexibility index (Phi) is 5.17. The van der Waals surface area contributed by atoms with Gasteiger partial charge in [0.05, 0.1) is 0 Å². The number of hydrogen-bond donors (Lipinski definition) is 2. The van der Waals surface area contributed by atoms with Gasteiger partial charge in [0.1, 0.15) is 23.9 Å². The Morgan fingerprint density at radius 1 is 1.19 bits per heavy atom. The van der Waals surface area contributed by atoms with E-state index < -0.39 is 0 Å². The van der Waals surface area contributed by atoms with Gasteiger partial charge in [-0.3, -0.25) is 0 Å². The molecule has 0 fully saturated rings. The second kappa shape index (κ2) is 7.09. The standard InChI is InChI=1S/C17H20FNO2/c1-12(2)19-10-14-9-15(18)6-7-17(14)21-11-13-4-3-5-16(20)8-13/h3-9,12,19-20H,10-11H2,1-2H3. The van der Waals surface area contributed by atoms with Crippen molar-refractivity contribution >= 4 is 0 Å². The van der Waals surface area contributed by atoms with Gasteiger partial charge in [-0.15, -0.1) is 0 Å². The van der Waals surface area contributed by atoms with Crippen LogP contribution >= 0.6 is 0 Å². The number of phenolic OH excluding ortho intramolecular Hbond substituents is 1. The predicted octanol–water partition coefficient (Wildman–Crippen LogP) is 3.61. The van der Waals surface area contributed by atoms with Crippen molar-refractivity contribution in [2.75, 3.05) is 0 Å². The van der Waals surface area contributed by atoms with Crippen LogP contribution in [0.5, 0.6) is 11.5 Å².